The minimum atomic E-state index is -0.523. The molecule has 2 atom stereocenters. The number of nitrogens with zero attached hydrogens (tertiary/aromatic N) is 4. The van der Waals surface area contributed by atoms with Crippen LogP contribution in [-0.4, -0.2) is 4.57 Å². The Kier molecular flexibility index (Phi) is 20.8. The Morgan fingerprint density at radius 3 is 0.985 bits per heavy atom. The molecule has 24 rings (SSSR count). The summed E-state index contributed by atoms with van der Waals surface area (Å²) >= 11 is 0. The van der Waals surface area contributed by atoms with E-state index in [1.165, 1.54) is 155 Å². The quantitative estimate of drug-likeness (QED) is 0.0851. The van der Waals surface area contributed by atoms with Crippen LogP contribution >= 0.6 is 0 Å². The molecule has 0 spiro atoms. The van der Waals surface area contributed by atoms with Crippen LogP contribution in [0.1, 0.15) is 57.0 Å². The minimum Gasteiger partial charge on any atom is -0.310 e. The van der Waals surface area contributed by atoms with Gasteiger partial charge in [0, 0.05) is 73.1 Å². The Labute approximate surface area is 778 Å². The first-order valence-electron chi connectivity index (χ1n) is 46.1. The van der Waals surface area contributed by atoms with Crippen LogP contribution in [0.5, 0.6) is 0 Å². The van der Waals surface area contributed by atoms with Crippen molar-refractivity contribution in [2.75, 3.05) is 14.7 Å². The fraction of sp³-hybridized carbons (Fsp3) is 0.0388. The van der Waals surface area contributed by atoms with E-state index < -0.39 is 5.41 Å². The molecule has 4 nitrogen and oxygen atoms in total. The minimum absolute atomic E-state index is 0.301. The first-order chi connectivity index (χ1) is 65.6. The van der Waals surface area contributed by atoms with Crippen molar-refractivity contribution in [1.29, 1.82) is 0 Å². The lowest BCUT2D eigenvalue weighted by Gasteiger charge is -2.35. The molecule has 2 aliphatic carbocycles. The van der Waals surface area contributed by atoms with Gasteiger partial charge in [-0.25, -0.2) is 0 Å². The lowest BCUT2D eigenvalue weighted by molar-refractivity contribution is 0.713. The molecule has 22 aromatic rings. The summed E-state index contributed by atoms with van der Waals surface area (Å²) in [6.07, 6.45) is 0. The summed E-state index contributed by atoms with van der Waals surface area (Å²) in [6.45, 7) is 6.73. The number of rotatable bonds is 18. The Balaban J connectivity index is 0.000000154. The van der Waals surface area contributed by atoms with Crippen molar-refractivity contribution in [3.8, 4) is 83.6 Å². The fourth-order valence-corrected chi connectivity index (χ4v) is 20.9. The highest BCUT2D eigenvalue weighted by Crippen LogP contribution is 2.59. The van der Waals surface area contributed by atoms with Crippen LogP contribution in [0, 0.1) is 13.8 Å². The van der Waals surface area contributed by atoms with Crippen molar-refractivity contribution in [1.82, 2.24) is 4.57 Å². The highest BCUT2D eigenvalue weighted by atomic mass is 15.2. The van der Waals surface area contributed by atoms with Crippen LogP contribution in [0.4, 0.5) is 51.2 Å². The summed E-state index contributed by atoms with van der Waals surface area (Å²) in [4.78, 5) is 7.18. The lowest BCUT2D eigenvalue weighted by atomic mass is 9.67. The monoisotopic (exact) mass is 1700 g/mol. The maximum atomic E-state index is 2.45. The molecule has 133 heavy (non-hydrogen) atoms. The summed E-state index contributed by atoms with van der Waals surface area (Å²) in [7, 11) is 0. The molecule has 0 amide bonds. The van der Waals surface area contributed by atoms with Crippen molar-refractivity contribution < 1.29 is 0 Å². The summed E-state index contributed by atoms with van der Waals surface area (Å²) < 4.78 is 2.37. The first kappa shape index (κ1) is 80.6. The molecule has 2 aliphatic rings. The molecule has 1 aromatic heterocycles. The molecule has 0 saturated carbocycles. The highest BCUT2D eigenvalue weighted by Gasteiger charge is 2.47. The average molecular weight is 1700 g/mol. The molecule has 1 heterocycles. The Hall–Kier alpha value is -16.9. The number of hydrogen-bond donors (Lipinski definition) is 0. The van der Waals surface area contributed by atoms with Crippen LogP contribution in [0.15, 0.2) is 516 Å². The first-order valence-corrected chi connectivity index (χ1v) is 46.1. The Morgan fingerprint density at radius 1 is 0.188 bits per heavy atom. The molecule has 0 saturated heterocycles. The van der Waals surface area contributed by atoms with Crippen LogP contribution in [-0.2, 0) is 10.8 Å². The van der Waals surface area contributed by atoms with Crippen molar-refractivity contribution in [3.63, 3.8) is 0 Å². The van der Waals surface area contributed by atoms with E-state index in [0.29, 0.717) is 0 Å². The van der Waals surface area contributed by atoms with E-state index in [2.05, 4.69) is 556 Å². The maximum absolute atomic E-state index is 2.45. The van der Waals surface area contributed by atoms with E-state index in [1.807, 2.05) is 0 Å². The van der Waals surface area contributed by atoms with E-state index in [0.717, 1.165) is 62.3 Å². The second-order valence-corrected chi connectivity index (χ2v) is 35.4. The summed E-state index contributed by atoms with van der Waals surface area (Å²) in [6, 6.07) is 189. The molecule has 2 unspecified atom stereocenters. The predicted octanol–water partition coefficient (Wildman–Crippen LogP) is 34.7. The topological polar surface area (TPSA) is 14.7 Å². The van der Waals surface area contributed by atoms with E-state index in [9.17, 15) is 0 Å². The average Bonchev–Trinajstić information content (AvgIpc) is 1.54. The van der Waals surface area contributed by atoms with Crippen LogP contribution in [0.3, 0.4) is 0 Å². The summed E-state index contributed by atoms with van der Waals surface area (Å²) in [5, 5.41) is 4.94. The van der Waals surface area contributed by atoms with Gasteiger partial charge in [-0.3, -0.25) is 0 Å². The van der Waals surface area contributed by atoms with Gasteiger partial charge in [0.05, 0.1) is 16.4 Å². The number of para-hydroxylation sites is 2. The van der Waals surface area contributed by atoms with Gasteiger partial charge in [-0.15, -0.1) is 0 Å². The number of aryl methyl sites for hydroxylation is 2. The molecule has 0 fully saturated rings. The second kappa shape index (κ2) is 34.3. The predicted molar refractivity (Wildman–Crippen MR) is 560 cm³/mol. The van der Waals surface area contributed by atoms with Gasteiger partial charge < -0.3 is 19.3 Å². The van der Waals surface area contributed by atoms with Gasteiger partial charge >= 0.3 is 0 Å². The Bertz CT molecular complexity index is 8000. The SMILES string of the molecule is Cc1ccc(C2(C)c3ccccc3-c3ccc(N(c4ccc(-c5ccccc5)cc4)c4ccc(-c5ccc6c(c5)c5ccccc5n6-c5ccccc5)cc4)cc32)cc1.Cc1ccc(C2(c3ccccc3)c3ccccc3-c3ccc(N(c4ccc(-c5ccccc5)cc4)c4ccc(-c5ccc(N(c6ccc(-c7ccccc7)cc6)c6ccc7ccccc7c6)cc5)cc4)cc32)cc1. The zero-order chi connectivity index (χ0) is 88.9. The molecule has 0 aliphatic heterocycles. The summed E-state index contributed by atoms with van der Waals surface area (Å²) in [5.41, 5.74) is 41.3. The van der Waals surface area contributed by atoms with Gasteiger partial charge in [0.1, 0.15) is 0 Å². The van der Waals surface area contributed by atoms with Crippen molar-refractivity contribution in [3.05, 3.63) is 566 Å². The molecule has 21 aromatic carbocycles. The van der Waals surface area contributed by atoms with Gasteiger partial charge in [-0.2, -0.15) is 0 Å². The standard InChI is InChI=1S/C72H52N2.C57H42N2/c1-51-25-36-61(37-26-51)72(60-21-9-4-10-22-60)70-24-14-13-23-68(70)69-48-47-67(50-71(69)72)74(64-40-29-56(30-41-64)53-17-7-3-8-18-53)65-44-33-58(34-45-65)57-31-42-63(43-32-57)73(66-46-35-54-19-11-12-20-59(54)49-66)62-38-27-55(28-39-62)52-15-5-2-6-16-52;1-39-21-28-44(29-22-39)57(2)53-19-11-9-17-49(53)50-35-34-48(38-54(50)57)58(46-30-23-41(24-31-46)40-13-5-3-6-14-40)47-32-25-42(26-33-47)43-27-36-56-52(37-43)51-18-10-12-20-55(51)59(56)45-15-7-4-8-16-45/h2-50H,1H3;3-38H,1-2H3. The number of hydrogen-bond acceptors (Lipinski definition) is 3. The zero-order valence-electron chi connectivity index (χ0n) is 74.4. The van der Waals surface area contributed by atoms with Crippen LogP contribution in [0.2, 0.25) is 0 Å². The number of benzene rings is 21. The summed E-state index contributed by atoms with van der Waals surface area (Å²) in [5.74, 6) is 0. The van der Waals surface area contributed by atoms with Gasteiger partial charge in [-0.1, -0.05) is 387 Å². The molecular weight excluding hydrogens is 1610 g/mol. The largest absolute Gasteiger partial charge is 0.310 e. The lowest BCUT2D eigenvalue weighted by Crippen LogP contribution is -2.28. The van der Waals surface area contributed by atoms with Crippen molar-refractivity contribution in [2.24, 2.45) is 0 Å². The Morgan fingerprint density at radius 2 is 0.504 bits per heavy atom. The zero-order valence-corrected chi connectivity index (χ0v) is 74.4. The number of aromatic nitrogens is 1. The van der Waals surface area contributed by atoms with Crippen LogP contribution in [0.25, 0.3) is 116 Å². The molecule has 0 radical (unpaired) electrons. The third-order valence-corrected chi connectivity index (χ3v) is 27.6. The normalized spacial score (nSPS) is 13.9. The number of fused-ring (bicyclic) bond motifs is 10. The van der Waals surface area contributed by atoms with Gasteiger partial charge in [0.2, 0.25) is 0 Å². The highest BCUT2D eigenvalue weighted by molar-refractivity contribution is 6.11. The smallest absolute Gasteiger partial charge is 0.0714 e. The van der Waals surface area contributed by atoms with E-state index in [-0.39, 0.29) is 5.41 Å². The molecule has 0 bridgehead atoms. The van der Waals surface area contributed by atoms with Gasteiger partial charge in [0.15, 0.2) is 0 Å². The second-order valence-electron chi connectivity index (χ2n) is 35.4. The molecule has 0 N–H and O–H groups in total. The van der Waals surface area contributed by atoms with Gasteiger partial charge in [0.25, 0.3) is 0 Å². The van der Waals surface area contributed by atoms with Crippen LogP contribution < -0.4 is 14.7 Å². The molecular formula is C129H94N4. The maximum Gasteiger partial charge on any atom is 0.0714 e. The third kappa shape index (κ3) is 14.6. The van der Waals surface area contributed by atoms with E-state index >= 15 is 0 Å². The van der Waals surface area contributed by atoms with Crippen molar-refractivity contribution >= 4 is 83.8 Å². The van der Waals surface area contributed by atoms with E-state index in [4.69, 9.17) is 0 Å². The fourth-order valence-electron chi connectivity index (χ4n) is 20.9. The third-order valence-electron chi connectivity index (χ3n) is 27.6. The van der Waals surface area contributed by atoms with Gasteiger partial charge in [-0.05, 0) is 288 Å². The molecule has 630 valence electrons. The van der Waals surface area contributed by atoms with Crippen molar-refractivity contribution in [2.45, 2.75) is 31.6 Å². The number of anilines is 9. The molecule has 4 heteroatoms. The van der Waals surface area contributed by atoms with E-state index in [1.54, 1.807) is 0 Å².